The van der Waals surface area contributed by atoms with Crippen LogP contribution in [0.4, 0.5) is 0 Å². The van der Waals surface area contributed by atoms with Crippen LogP contribution in [0.3, 0.4) is 0 Å². The van der Waals surface area contributed by atoms with Crippen molar-refractivity contribution in [3.05, 3.63) is 175 Å². The average Bonchev–Trinajstić information content (AvgIpc) is 3.94. The van der Waals surface area contributed by atoms with Crippen LogP contribution in [-0.4, -0.2) is 45.3 Å². The molecule has 1 aliphatic carbocycles. The minimum atomic E-state index is -0.0283. The molecule has 14 rings (SSSR count). The van der Waals surface area contributed by atoms with Crippen molar-refractivity contribution in [1.29, 1.82) is 0 Å². The molecule has 58 heavy (non-hydrogen) atoms. The molecule has 2 aliphatic heterocycles. The first-order valence-corrected chi connectivity index (χ1v) is 19.8. The van der Waals surface area contributed by atoms with Gasteiger partial charge in [-0.3, -0.25) is 19.1 Å². The van der Waals surface area contributed by atoms with E-state index in [2.05, 4.69) is 135 Å². The standard InChI is InChI=1S/C49H29BN8/c1-3-11-28(12-4-1)34-25-29-13-9-20-51-42(29)39-32-16-7-18-35-44(32)57(46(34)39)37-26-30(47-53-21-10-22-54-47)27-38-41(37)50(35)36-19-8-17-33-40-43-48(55-24-23-52-43)56(31-14-5-2-6-15-31)49(40)58(38)45(33)36/h1-24,26-27,34H,25H2. The van der Waals surface area contributed by atoms with Crippen LogP contribution in [-0.2, 0) is 6.42 Å². The van der Waals surface area contributed by atoms with Crippen LogP contribution >= 0.6 is 0 Å². The zero-order valence-electron chi connectivity index (χ0n) is 31.0. The molecular weight excluding hydrogens is 711 g/mol. The van der Waals surface area contributed by atoms with E-state index in [9.17, 15) is 0 Å². The average molecular weight is 741 g/mol. The highest BCUT2D eigenvalue weighted by molar-refractivity contribution is 7.00. The minimum absolute atomic E-state index is 0.0283. The van der Waals surface area contributed by atoms with E-state index in [4.69, 9.17) is 24.9 Å². The summed E-state index contributed by atoms with van der Waals surface area (Å²) >= 11 is 0. The Morgan fingerprint density at radius 1 is 0.569 bits per heavy atom. The molecule has 268 valence electrons. The van der Waals surface area contributed by atoms with Gasteiger partial charge in [0.05, 0.1) is 16.6 Å². The quantitative estimate of drug-likeness (QED) is 0.173. The van der Waals surface area contributed by atoms with E-state index in [1.807, 2.05) is 30.9 Å². The van der Waals surface area contributed by atoms with Crippen molar-refractivity contribution in [2.24, 2.45) is 0 Å². The third kappa shape index (κ3) is 3.74. The Balaban J connectivity index is 1.21. The van der Waals surface area contributed by atoms with Crippen LogP contribution in [0.1, 0.15) is 22.7 Å². The molecule has 0 amide bonds. The third-order valence-electron chi connectivity index (χ3n) is 12.8. The monoisotopic (exact) mass is 740 g/mol. The van der Waals surface area contributed by atoms with Gasteiger partial charge in [0.2, 0.25) is 0 Å². The van der Waals surface area contributed by atoms with E-state index in [0.29, 0.717) is 5.82 Å². The maximum Gasteiger partial charge on any atom is 0.252 e. The van der Waals surface area contributed by atoms with Gasteiger partial charge in [0.1, 0.15) is 11.2 Å². The van der Waals surface area contributed by atoms with Gasteiger partial charge in [-0.05, 0) is 70.3 Å². The summed E-state index contributed by atoms with van der Waals surface area (Å²) in [7, 11) is 0. The molecule has 0 saturated heterocycles. The normalized spacial score (nSPS) is 14.6. The molecule has 5 aromatic carbocycles. The van der Waals surface area contributed by atoms with Crippen molar-refractivity contribution in [3.63, 3.8) is 0 Å². The van der Waals surface area contributed by atoms with Gasteiger partial charge in [0, 0.05) is 87.1 Å². The van der Waals surface area contributed by atoms with Gasteiger partial charge in [0.15, 0.2) is 11.5 Å². The van der Waals surface area contributed by atoms with E-state index < -0.39 is 0 Å². The number of hydrogen-bond acceptors (Lipinski definition) is 5. The van der Waals surface area contributed by atoms with Crippen LogP contribution in [0.5, 0.6) is 0 Å². The smallest absolute Gasteiger partial charge is 0.252 e. The Morgan fingerprint density at radius 2 is 1.28 bits per heavy atom. The van der Waals surface area contributed by atoms with Gasteiger partial charge in [-0.15, -0.1) is 0 Å². The number of rotatable bonds is 3. The van der Waals surface area contributed by atoms with Crippen molar-refractivity contribution in [2.75, 3.05) is 0 Å². The first-order chi connectivity index (χ1) is 28.8. The zero-order valence-corrected chi connectivity index (χ0v) is 31.0. The number of benzene rings is 5. The highest BCUT2D eigenvalue weighted by Gasteiger charge is 2.44. The molecule has 8 heterocycles. The van der Waals surface area contributed by atoms with E-state index in [-0.39, 0.29) is 12.6 Å². The van der Waals surface area contributed by atoms with Crippen molar-refractivity contribution in [2.45, 2.75) is 12.3 Å². The number of aromatic nitrogens is 8. The summed E-state index contributed by atoms with van der Waals surface area (Å²) in [6.07, 6.45) is 10.1. The minimum Gasteiger partial charge on any atom is -0.313 e. The molecule has 1 atom stereocenters. The molecule has 9 heteroatoms. The van der Waals surface area contributed by atoms with Gasteiger partial charge in [-0.25, -0.2) is 15.0 Å². The fourth-order valence-electron chi connectivity index (χ4n) is 10.8. The third-order valence-corrected chi connectivity index (χ3v) is 12.8. The maximum absolute atomic E-state index is 5.12. The Hall–Kier alpha value is -7.65. The first-order valence-electron chi connectivity index (χ1n) is 19.8. The van der Waals surface area contributed by atoms with Crippen LogP contribution in [0.25, 0.3) is 83.7 Å². The molecule has 6 aromatic heterocycles. The van der Waals surface area contributed by atoms with Gasteiger partial charge in [-0.2, -0.15) is 0 Å². The number of nitrogens with zero attached hydrogens (tertiary/aromatic N) is 8. The SMILES string of the molecule is c1ccc(C2Cc3cccnc3-c3c2n2c4c(cccc34)B3c4c-2cc(-c2ncccn2)cc4-n2c4c3cccc4c3c4nccnc4n(-c4ccccc4)c32)cc1. The summed E-state index contributed by atoms with van der Waals surface area (Å²) in [4.78, 5) is 24.8. The highest BCUT2D eigenvalue weighted by atomic mass is 15.2. The second-order valence-electron chi connectivity index (χ2n) is 15.6. The number of fused-ring (bicyclic) bond motifs is 14. The molecular formula is C49H29BN8. The molecule has 0 radical (unpaired) electrons. The van der Waals surface area contributed by atoms with E-state index in [1.165, 1.54) is 55.2 Å². The molecule has 0 bridgehead atoms. The molecule has 0 spiro atoms. The largest absolute Gasteiger partial charge is 0.313 e. The van der Waals surface area contributed by atoms with Crippen LogP contribution < -0.4 is 16.4 Å². The van der Waals surface area contributed by atoms with Crippen molar-refractivity contribution in [3.8, 4) is 39.7 Å². The Morgan fingerprint density at radius 3 is 2.09 bits per heavy atom. The molecule has 11 aromatic rings. The fourth-order valence-corrected chi connectivity index (χ4v) is 10.8. The lowest BCUT2D eigenvalue weighted by Crippen LogP contribution is -2.59. The van der Waals surface area contributed by atoms with Crippen molar-refractivity contribution in [1.82, 2.24) is 38.6 Å². The summed E-state index contributed by atoms with van der Waals surface area (Å²) in [6.45, 7) is -0.0283. The molecule has 0 N–H and O–H groups in total. The Bertz CT molecular complexity index is 3550. The fraction of sp³-hybridized carbons (Fsp3) is 0.0408. The lowest BCUT2D eigenvalue weighted by molar-refractivity contribution is 0.742. The highest BCUT2D eigenvalue weighted by Crippen LogP contribution is 2.50. The lowest BCUT2D eigenvalue weighted by atomic mass is 9.34. The summed E-state index contributed by atoms with van der Waals surface area (Å²) in [6, 6.07) is 46.2. The topological polar surface area (TPSA) is 79.2 Å². The first kappa shape index (κ1) is 30.6. The summed E-state index contributed by atoms with van der Waals surface area (Å²) in [5, 5.41) is 3.49. The van der Waals surface area contributed by atoms with E-state index in [0.717, 1.165) is 62.3 Å². The van der Waals surface area contributed by atoms with Crippen LogP contribution in [0.15, 0.2) is 158 Å². The lowest BCUT2D eigenvalue weighted by Gasteiger charge is -2.35. The van der Waals surface area contributed by atoms with Gasteiger partial charge in [0.25, 0.3) is 6.71 Å². The predicted molar refractivity (Wildman–Crippen MR) is 231 cm³/mol. The molecule has 0 saturated carbocycles. The van der Waals surface area contributed by atoms with E-state index >= 15 is 0 Å². The second-order valence-corrected chi connectivity index (χ2v) is 15.6. The predicted octanol–water partition coefficient (Wildman–Crippen LogP) is 7.81. The van der Waals surface area contributed by atoms with Gasteiger partial charge < -0.3 is 4.57 Å². The molecule has 0 fully saturated rings. The van der Waals surface area contributed by atoms with Crippen molar-refractivity contribution < 1.29 is 0 Å². The number of hydrogen-bond donors (Lipinski definition) is 0. The molecule has 3 aliphatic rings. The number of pyridine rings is 1. The summed E-state index contributed by atoms with van der Waals surface area (Å²) in [5.41, 5.74) is 19.4. The molecule has 8 nitrogen and oxygen atoms in total. The second kappa shape index (κ2) is 11.0. The zero-order chi connectivity index (χ0) is 37.6. The Kier molecular flexibility index (Phi) is 5.80. The van der Waals surface area contributed by atoms with Crippen LogP contribution in [0, 0.1) is 0 Å². The summed E-state index contributed by atoms with van der Waals surface area (Å²) < 4.78 is 7.38. The Labute approximate surface area is 331 Å². The van der Waals surface area contributed by atoms with Crippen molar-refractivity contribution >= 4 is 67.1 Å². The number of para-hydroxylation sites is 3. The maximum atomic E-state index is 5.12. The summed E-state index contributed by atoms with van der Waals surface area (Å²) in [5.74, 6) is 0.793. The molecule has 1 unspecified atom stereocenters. The van der Waals surface area contributed by atoms with Gasteiger partial charge in [-0.1, -0.05) is 91.0 Å². The van der Waals surface area contributed by atoms with E-state index in [1.54, 1.807) is 6.20 Å². The van der Waals surface area contributed by atoms with Crippen LogP contribution in [0.2, 0.25) is 0 Å². The van der Waals surface area contributed by atoms with Gasteiger partial charge >= 0.3 is 0 Å².